The SMILES string of the molecule is CCOc1ccc(C(C(=O)NC2CCCCC2)N(C(=O)c2snc(C(N)=O)c2N)c2ccccc2CC)cc1. The zero-order valence-electron chi connectivity index (χ0n) is 22.3. The molecule has 1 aliphatic carbocycles. The number of anilines is 2. The normalized spacial score (nSPS) is 14.4. The number of ether oxygens (including phenoxy) is 1. The number of aryl methyl sites for hydroxylation is 1. The first-order chi connectivity index (χ1) is 18.8. The first kappa shape index (κ1) is 28.1. The number of benzene rings is 2. The molecule has 39 heavy (non-hydrogen) atoms. The summed E-state index contributed by atoms with van der Waals surface area (Å²) in [6, 6.07) is 13.7. The minimum atomic E-state index is -1.01. The first-order valence-electron chi connectivity index (χ1n) is 13.3. The van der Waals surface area contributed by atoms with Gasteiger partial charge in [-0.2, -0.15) is 4.37 Å². The van der Waals surface area contributed by atoms with Crippen LogP contribution >= 0.6 is 11.5 Å². The summed E-state index contributed by atoms with van der Waals surface area (Å²) in [5.74, 6) is -0.974. The lowest BCUT2D eigenvalue weighted by Crippen LogP contribution is -2.47. The van der Waals surface area contributed by atoms with Gasteiger partial charge in [0.1, 0.15) is 16.7 Å². The van der Waals surface area contributed by atoms with Crippen molar-refractivity contribution < 1.29 is 19.1 Å². The molecule has 0 spiro atoms. The van der Waals surface area contributed by atoms with Crippen molar-refractivity contribution in [2.75, 3.05) is 17.2 Å². The highest BCUT2D eigenvalue weighted by atomic mass is 32.1. The van der Waals surface area contributed by atoms with Gasteiger partial charge in [0.15, 0.2) is 5.69 Å². The van der Waals surface area contributed by atoms with Crippen molar-refractivity contribution in [2.45, 2.75) is 64.5 Å². The molecule has 10 heteroatoms. The molecule has 1 fully saturated rings. The number of nitrogens with zero attached hydrogens (tertiary/aromatic N) is 2. The van der Waals surface area contributed by atoms with Crippen molar-refractivity contribution in [1.82, 2.24) is 9.69 Å². The van der Waals surface area contributed by atoms with Crippen molar-refractivity contribution in [3.05, 3.63) is 70.2 Å². The van der Waals surface area contributed by atoms with E-state index in [1.54, 1.807) is 24.3 Å². The van der Waals surface area contributed by atoms with E-state index in [2.05, 4.69) is 9.69 Å². The number of hydrogen-bond donors (Lipinski definition) is 3. The second kappa shape index (κ2) is 12.8. The van der Waals surface area contributed by atoms with Gasteiger partial charge in [0.05, 0.1) is 12.3 Å². The highest BCUT2D eigenvalue weighted by Gasteiger charge is 2.37. The Hall–Kier alpha value is -3.92. The van der Waals surface area contributed by atoms with Gasteiger partial charge in [-0.15, -0.1) is 0 Å². The fourth-order valence-electron chi connectivity index (χ4n) is 5.01. The number of nitrogens with two attached hydrogens (primary N) is 2. The summed E-state index contributed by atoms with van der Waals surface area (Å²) in [4.78, 5) is 41.8. The fourth-order valence-corrected chi connectivity index (χ4v) is 5.75. The van der Waals surface area contributed by atoms with Crippen LogP contribution in [0.1, 0.15) is 83.3 Å². The molecule has 206 valence electrons. The van der Waals surface area contributed by atoms with Crippen LogP contribution in [0.3, 0.4) is 0 Å². The van der Waals surface area contributed by atoms with Gasteiger partial charge in [-0.25, -0.2) is 0 Å². The van der Waals surface area contributed by atoms with Gasteiger partial charge in [-0.3, -0.25) is 19.3 Å². The predicted octanol–water partition coefficient (Wildman–Crippen LogP) is 4.62. The first-order valence-corrected chi connectivity index (χ1v) is 14.1. The van der Waals surface area contributed by atoms with E-state index in [9.17, 15) is 14.4 Å². The second-order valence-electron chi connectivity index (χ2n) is 9.54. The summed E-state index contributed by atoms with van der Waals surface area (Å²) in [5, 5.41) is 3.21. The smallest absolute Gasteiger partial charge is 0.273 e. The molecule has 0 aliphatic heterocycles. The number of aromatic nitrogens is 1. The third-order valence-electron chi connectivity index (χ3n) is 6.97. The van der Waals surface area contributed by atoms with Crippen LogP contribution in [0.4, 0.5) is 11.4 Å². The number of amides is 3. The summed E-state index contributed by atoms with van der Waals surface area (Å²) in [7, 11) is 0. The fraction of sp³-hybridized carbons (Fsp3) is 0.379. The molecule has 1 aliphatic rings. The monoisotopic (exact) mass is 549 g/mol. The van der Waals surface area contributed by atoms with Crippen LogP contribution in [0.15, 0.2) is 48.5 Å². The maximum atomic E-state index is 14.3. The lowest BCUT2D eigenvalue weighted by Gasteiger charge is -2.34. The van der Waals surface area contributed by atoms with Crippen molar-refractivity contribution in [3.8, 4) is 5.75 Å². The molecule has 1 heterocycles. The summed E-state index contributed by atoms with van der Waals surface area (Å²) in [5.41, 5.74) is 13.4. The molecule has 1 atom stereocenters. The molecule has 0 radical (unpaired) electrons. The van der Waals surface area contributed by atoms with Gasteiger partial charge in [-0.05, 0) is 67.0 Å². The highest BCUT2D eigenvalue weighted by molar-refractivity contribution is 7.09. The number of carbonyl (C=O) groups is 3. The minimum Gasteiger partial charge on any atom is -0.494 e. The van der Waals surface area contributed by atoms with E-state index in [0.717, 1.165) is 49.2 Å². The molecule has 4 rings (SSSR count). The van der Waals surface area contributed by atoms with Crippen molar-refractivity contribution in [2.24, 2.45) is 5.73 Å². The Kier molecular flexibility index (Phi) is 9.19. The van der Waals surface area contributed by atoms with Gasteiger partial charge in [0.2, 0.25) is 5.91 Å². The van der Waals surface area contributed by atoms with Crippen LogP contribution < -0.4 is 26.4 Å². The number of nitrogens with one attached hydrogen (secondary N) is 1. The standard InChI is InChI=1S/C29H35N5O4S/c1-3-18-10-8-9-13-22(18)34(29(37)26-23(30)24(27(31)35)33-39-26)25(19-14-16-21(17-15-19)38-4-2)28(36)32-20-11-6-5-7-12-20/h8-10,13-17,20,25H,3-7,11-12,30H2,1-2H3,(H2,31,35)(H,32,36). The number of rotatable bonds is 10. The Morgan fingerprint density at radius 1 is 1.08 bits per heavy atom. The van der Waals surface area contributed by atoms with E-state index in [1.807, 2.05) is 38.1 Å². The molecule has 3 amide bonds. The molecular weight excluding hydrogens is 514 g/mol. The summed E-state index contributed by atoms with van der Waals surface area (Å²) < 4.78 is 9.65. The summed E-state index contributed by atoms with van der Waals surface area (Å²) >= 11 is 0.799. The molecule has 1 aromatic heterocycles. The Labute approximate surface area is 232 Å². The van der Waals surface area contributed by atoms with Gasteiger partial charge < -0.3 is 21.5 Å². The Morgan fingerprint density at radius 2 is 1.77 bits per heavy atom. The van der Waals surface area contributed by atoms with Gasteiger partial charge in [-0.1, -0.05) is 56.5 Å². The Morgan fingerprint density at radius 3 is 2.38 bits per heavy atom. The average molecular weight is 550 g/mol. The van der Waals surface area contributed by atoms with Gasteiger partial charge >= 0.3 is 0 Å². The van der Waals surface area contributed by atoms with Gasteiger partial charge in [0.25, 0.3) is 11.8 Å². The average Bonchev–Trinajstić information content (AvgIpc) is 3.34. The van der Waals surface area contributed by atoms with Crippen LogP contribution in [0.5, 0.6) is 5.75 Å². The molecular formula is C29H35N5O4S. The molecule has 0 bridgehead atoms. The van der Waals surface area contributed by atoms with Crippen LogP contribution in [0.2, 0.25) is 0 Å². The van der Waals surface area contributed by atoms with Crippen LogP contribution in [0, 0.1) is 0 Å². The van der Waals surface area contributed by atoms with Crippen molar-refractivity contribution in [1.29, 1.82) is 0 Å². The summed E-state index contributed by atoms with van der Waals surface area (Å²) in [6.07, 6.45) is 5.66. The van der Waals surface area contributed by atoms with Crippen LogP contribution in [-0.2, 0) is 11.2 Å². The minimum absolute atomic E-state index is 0.0322. The van der Waals surface area contributed by atoms with Crippen molar-refractivity contribution >= 4 is 40.6 Å². The van der Waals surface area contributed by atoms with Crippen molar-refractivity contribution in [3.63, 3.8) is 0 Å². The zero-order valence-corrected chi connectivity index (χ0v) is 23.1. The lowest BCUT2D eigenvalue weighted by molar-refractivity contribution is -0.123. The third kappa shape index (κ3) is 6.22. The molecule has 9 nitrogen and oxygen atoms in total. The highest BCUT2D eigenvalue weighted by Crippen LogP contribution is 2.36. The molecule has 5 N–H and O–H groups in total. The van der Waals surface area contributed by atoms with Gasteiger partial charge in [0, 0.05) is 11.7 Å². The number of primary amides is 1. The largest absolute Gasteiger partial charge is 0.494 e. The second-order valence-corrected chi connectivity index (χ2v) is 10.3. The van der Waals surface area contributed by atoms with E-state index in [4.69, 9.17) is 16.2 Å². The molecule has 3 aromatic rings. The Balaban J connectivity index is 1.86. The summed E-state index contributed by atoms with van der Waals surface area (Å²) in [6.45, 7) is 4.39. The van der Waals surface area contributed by atoms with E-state index in [1.165, 1.54) is 4.90 Å². The number of hydrogen-bond acceptors (Lipinski definition) is 7. The number of nitrogen functional groups attached to an aromatic ring is 1. The number of para-hydroxylation sites is 1. The third-order valence-corrected chi connectivity index (χ3v) is 7.82. The quantitative estimate of drug-likeness (QED) is 0.337. The molecule has 1 saturated carbocycles. The zero-order chi connectivity index (χ0) is 27.9. The van der Waals surface area contributed by atoms with Crippen LogP contribution in [-0.4, -0.2) is 34.7 Å². The number of carbonyl (C=O) groups excluding carboxylic acids is 3. The lowest BCUT2D eigenvalue weighted by atomic mass is 9.94. The molecule has 1 unspecified atom stereocenters. The maximum Gasteiger partial charge on any atom is 0.273 e. The van der Waals surface area contributed by atoms with E-state index in [-0.39, 0.29) is 28.2 Å². The topological polar surface area (TPSA) is 141 Å². The van der Waals surface area contributed by atoms with E-state index >= 15 is 0 Å². The van der Waals surface area contributed by atoms with Crippen LogP contribution in [0.25, 0.3) is 0 Å². The van der Waals surface area contributed by atoms with E-state index in [0.29, 0.717) is 30.0 Å². The predicted molar refractivity (Wildman–Crippen MR) is 153 cm³/mol. The maximum absolute atomic E-state index is 14.3. The van der Waals surface area contributed by atoms with E-state index < -0.39 is 17.9 Å². The Bertz CT molecular complexity index is 1320. The molecule has 2 aromatic carbocycles. The molecule has 0 saturated heterocycles.